The molecule has 0 aromatic rings. The molecule has 0 rings (SSSR count). The maximum Gasteiger partial charge on any atom is 0.317 e. The lowest BCUT2D eigenvalue weighted by atomic mass is 10.1. The third kappa shape index (κ3) is 4.29. The largest absolute Gasteiger partial charge is 0.480 e. The third-order valence-corrected chi connectivity index (χ3v) is 1.11. The predicted octanol–water partition coefficient (Wildman–Crippen LogP) is -0.569. The van der Waals surface area contributed by atoms with Crippen LogP contribution >= 0.6 is 0 Å². The zero-order valence-corrected chi connectivity index (χ0v) is 6.22. The van der Waals surface area contributed by atoms with Crippen LogP contribution in [-0.4, -0.2) is 34.9 Å². The Hall–Kier alpha value is -0.610. The smallest absolute Gasteiger partial charge is 0.317 e. The summed E-state index contributed by atoms with van der Waals surface area (Å²) in [6.45, 7) is 3.28. The number of rotatable bonds is 4. The summed E-state index contributed by atoms with van der Waals surface area (Å²) in [4.78, 5) is 10.0. The van der Waals surface area contributed by atoms with E-state index in [2.05, 4.69) is 5.32 Å². The van der Waals surface area contributed by atoms with Crippen molar-refractivity contribution in [1.29, 1.82) is 0 Å². The highest BCUT2D eigenvalue weighted by atomic mass is 16.4. The lowest BCUT2D eigenvalue weighted by Gasteiger charge is -2.21. The molecule has 0 atom stereocenters. The zero-order chi connectivity index (χ0) is 8.20. The highest BCUT2D eigenvalue weighted by Crippen LogP contribution is 1.97. The normalized spacial score (nSPS) is 11.5. The fraction of sp³-hybridized carbons (Fsp3) is 0.833. The molecular formula is C6H13NO3. The van der Waals surface area contributed by atoms with Crippen LogP contribution in [0.25, 0.3) is 0 Å². The van der Waals surface area contributed by atoms with Crippen molar-refractivity contribution in [3.8, 4) is 0 Å². The maximum atomic E-state index is 10.0. The highest BCUT2D eigenvalue weighted by Gasteiger charge is 2.15. The summed E-state index contributed by atoms with van der Waals surface area (Å²) < 4.78 is 0. The molecule has 0 heterocycles. The van der Waals surface area contributed by atoms with Crippen LogP contribution in [0, 0.1) is 0 Å². The molecule has 60 valence electrons. The van der Waals surface area contributed by atoms with Crippen LogP contribution in [0.3, 0.4) is 0 Å². The van der Waals surface area contributed by atoms with Gasteiger partial charge in [-0.1, -0.05) is 0 Å². The van der Waals surface area contributed by atoms with Gasteiger partial charge in [-0.05, 0) is 13.8 Å². The Morgan fingerprint density at radius 1 is 1.60 bits per heavy atom. The van der Waals surface area contributed by atoms with E-state index in [-0.39, 0.29) is 13.2 Å². The highest BCUT2D eigenvalue weighted by molar-refractivity contribution is 5.69. The predicted molar refractivity (Wildman–Crippen MR) is 36.8 cm³/mol. The minimum Gasteiger partial charge on any atom is -0.480 e. The number of aliphatic hydroxyl groups excluding tert-OH is 1. The average Bonchev–Trinajstić information content (AvgIpc) is 1.85. The van der Waals surface area contributed by atoms with Gasteiger partial charge in [-0.3, -0.25) is 10.1 Å². The number of carboxylic acid groups (broad SMARTS) is 1. The van der Waals surface area contributed by atoms with Crippen LogP contribution in [-0.2, 0) is 4.79 Å². The number of carboxylic acids is 1. The van der Waals surface area contributed by atoms with Crippen LogP contribution < -0.4 is 5.32 Å². The van der Waals surface area contributed by atoms with Crippen LogP contribution in [0.15, 0.2) is 0 Å². The zero-order valence-electron chi connectivity index (χ0n) is 6.22. The van der Waals surface area contributed by atoms with E-state index in [1.807, 2.05) is 0 Å². The SMILES string of the molecule is CC(C)(CO)NCC(=O)O. The quantitative estimate of drug-likeness (QED) is 0.498. The molecule has 0 saturated heterocycles. The number of nitrogens with one attached hydrogen (secondary N) is 1. The average molecular weight is 147 g/mol. The standard InChI is InChI=1S/C6H13NO3/c1-6(2,4-8)7-3-5(9)10/h7-8H,3-4H2,1-2H3,(H,9,10). The molecule has 0 saturated carbocycles. The molecule has 0 unspecified atom stereocenters. The molecule has 4 nitrogen and oxygen atoms in total. The van der Waals surface area contributed by atoms with Gasteiger partial charge in [0.05, 0.1) is 13.2 Å². The van der Waals surface area contributed by atoms with Gasteiger partial charge in [-0.15, -0.1) is 0 Å². The van der Waals surface area contributed by atoms with Crippen molar-refractivity contribution in [3.63, 3.8) is 0 Å². The van der Waals surface area contributed by atoms with Crippen molar-refractivity contribution >= 4 is 5.97 Å². The van der Waals surface area contributed by atoms with E-state index in [1.54, 1.807) is 13.8 Å². The van der Waals surface area contributed by atoms with Crippen LogP contribution in [0.1, 0.15) is 13.8 Å². The van der Waals surface area contributed by atoms with E-state index < -0.39 is 11.5 Å². The Kier molecular flexibility index (Phi) is 3.32. The van der Waals surface area contributed by atoms with E-state index in [1.165, 1.54) is 0 Å². The second-order valence-corrected chi connectivity index (χ2v) is 2.79. The molecule has 0 bridgehead atoms. The fourth-order valence-corrected chi connectivity index (χ4v) is 0.371. The number of aliphatic hydroxyl groups is 1. The number of hydrogen-bond donors (Lipinski definition) is 3. The van der Waals surface area contributed by atoms with E-state index in [0.717, 1.165) is 0 Å². The van der Waals surface area contributed by atoms with E-state index in [9.17, 15) is 4.79 Å². The summed E-state index contributed by atoms with van der Waals surface area (Å²) in [7, 11) is 0. The van der Waals surface area contributed by atoms with Crippen LogP contribution in [0.2, 0.25) is 0 Å². The van der Waals surface area contributed by atoms with Crippen molar-refractivity contribution in [1.82, 2.24) is 5.32 Å². The Morgan fingerprint density at radius 3 is 2.40 bits per heavy atom. The summed E-state index contributed by atoms with van der Waals surface area (Å²) in [6.07, 6.45) is 0. The molecule has 0 spiro atoms. The van der Waals surface area contributed by atoms with Gasteiger partial charge in [0.15, 0.2) is 0 Å². The molecule has 0 amide bonds. The Bertz CT molecular complexity index is 122. The first-order valence-electron chi connectivity index (χ1n) is 3.05. The van der Waals surface area contributed by atoms with Gasteiger partial charge < -0.3 is 10.2 Å². The Morgan fingerprint density at radius 2 is 2.10 bits per heavy atom. The van der Waals surface area contributed by atoms with E-state index in [0.29, 0.717) is 0 Å². The molecule has 4 heteroatoms. The van der Waals surface area contributed by atoms with Crippen molar-refractivity contribution in [2.24, 2.45) is 0 Å². The second-order valence-electron chi connectivity index (χ2n) is 2.79. The molecule has 0 fully saturated rings. The molecular weight excluding hydrogens is 134 g/mol. The number of hydrogen-bond acceptors (Lipinski definition) is 3. The molecule has 3 N–H and O–H groups in total. The van der Waals surface area contributed by atoms with Gasteiger partial charge in [0.2, 0.25) is 0 Å². The first kappa shape index (κ1) is 9.39. The second kappa shape index (κ2) is 3.53. The number of carbonyl (C=O) groups is 1. The first-order chi connectivity index (χ1) is 4.48. The first-order valence-corrected chi connectivity index (χ1v) is 3.05. The Balaban J connectivity index is 3.56. The van der Waals surface area contributed by atoms with Crippen molar-refractivity contribution in [2.75, 3.05) is 13.2 Å². The third-order valence-electron chi connectivity index (χ3n) is 1.11. The molecule has 0 aromatic heterocycles. The minimum absolute atomic E-state index is 0.0692. The molecule has 10 heavy (non-hydrogen) atoms. The molecule has 0 aliphatic carbocycles. The van der Waals surface area contributed by atoms with Gasteiger partial charge in [0, 0.05) is 5.54 Å². The topological polar surface area (TPSA) is 69.6 Å². The molecule has 0 aliphatic heterocycles. The summed E-state index contributed by atoms with van der Waals surface area (Å²) in [5, 5.41) is 19.5. The van der Waals surface area contributed by atoms with Gasteiger partial charge in [-0.2, -0.15) is 0 Å². The van der Waals surface area contributed by atoms with Crippen molar-refractivity contribution in [2.45, 2.75) is 19.4 Å². The van der Waals surface area contributed by atoms with Gasteiger partial charge >= 0.3 is 5.97 Å². The summed E-state index contributed by atoms with van der Waals surface area (Å²) in [5.41, 5.74) is -0.502. The minimum atomic E-state index is -0.915. The summed E-state index contributed by atoms with van der Waals surface area (Å²) in [6, 6.07) is 0. The van der Waals surface area contributed by atoms with E-state index in [4.69, 9.17) is 10.2 Å². The van der Waals surface area contributed by atoms with Gasteiger partial charge in [-0.25, -0.2) is 0 Å². The maximum absolute atomic E-state index is 10.0. The lowest BCUT2D eigenvalue weighted by molar-refractivity contribution is -0.136. The fourth-order valence-electron chi connectivity index (χ4n) is 0.371. The van der Waals surface area contributed by atoms with Gasteiger partial charge in [0.25, 0.3) is 0 Å². The Labute approximate surface area is 59.9 Å². The summed E-state index contributed by atoms with van der Waals surface area (Å²) in [5.74, 6) is -0.915. The van der Waals surface area contributed by atoms with Crippen molar-refractivity contribution < 1.29 is 15.0 Å². The lowest BCUT2D eigenvalue weighted by Crippen LogP contribution is -2.45. The molecule has 0 aromatic carbocycles. The van der Waals surface area contributed by atoms with Crippen LogP contribution in [0.4, 0.5) is 0 Å². The van der Waals surface area contributed by atoms with Crippen molar-refractivity contribution in [3.05, 3.63) is 0 Å². The van der Waals surface area contributed by atoms with Crippen LogP contribution in [0.5, 0.6) is 0 Å². The summed E-state index contributed by atoms with van der Waals surface area (Å²) >= 11 is 0. The molecule has 0 aliphatic rings. The monoisotopic (exact) mass is 147 g/mol. The van der Waals surface area contributed by atoms with Gasteiger partial charge in [0.1, 0.15) is 0 Å². The molecule has 0 radical (unpaired) electrons. The number of aliphatic carboxylic acids is 1. The van der Waals surface area contributed by atoms with E-state index >= 15 is 0 Å².